The summed E-state index contributed by atoms with van der Waals surface area (Å²) in [4.78, 5) is 27.4. The third-order valence-corrected chi connectivity index (χ3v) is 5.46. The standard InChI is InChI=1S/C24H30N2O6/c1-5-32-19-8-6-16(7-9-19)23(27)25-18-10-12-26(13-11-18)24(28)17-14-20(29-2)22(31-4)21(15-17)30-3/h6-9,14-15,18H,5,10-13H2,1-4H3,(H,25,27). The van der Waals surface area contributed by atoms with Gasteiger partial charge in [0.25, 0.3) is 11.8 Å². The van der Waals surface area contributed by atoms with Crippen molar-refractivity contribution in [1.29, 1.82) is 0 Å². The first-order chi connectivity index (χ1) is 15.5. The summed E-state index contributed by atoms with van der Waals surface area (Å²) in [7, 11) is 4.56. The highest BCUT2D eigenvalue weighted by Crippen LogP contribution is 2.38. The second kappa shape index (κ2) is 10.7. The number of hydrogen-bond acceptors (Lipinski definition) is 6. The van der Waals surface area contributed by atoms with E-state index in [1.807, 2.05) is 6.92 Å². The summed E-state index contributed by atoms with van der Waals surface area (Å²) in [5, 5.41) is 3.06. The van der Waals surface area contributed by atoms with Crippen LogP contribution in [0.2, 0.25) is 0 Å². The van der Waals surface area contributed by atoms with Gasteiger partial charge < -0.3 is 29.2 Å². The number of benzene rings is 2. The van der Waals surface area contributed by atoms with E-state index in [4.69, 9.17) is 18.9 Å². The first-order valence-electron chi connectivity index (χ1n) is 10.6. The van der Waals surface area contributed by atoms with E-state index >= 15 is 0 Å². The molecule has 3 rings (SSSR count). The van der Waals surface area contributed by atoms with Crippen molar-refractivity contribution in [2.75, 3.05) is 41.0 Å². The summed E-state index contributed by atoms with van der Waals surface area (Å²) in [6.07, 6.45) is 1.36. The molecule has 2 amide bonds. The Labute approximate surface area is 188 Å². The van der Waals surface area contributed by atoms with Gasteiger partial charge in [-0.3, -0.25) is 9.59 Å². The zero-order valence-electron chi connectivity index (χ0n) is 19.0. The summed E-state index contributed by atoms with van der Waals surface area (Å²) in [6, 6.07) is 10.4. The van der Waals surface area contributed by atoms with Gasteiger partial charge in [-0.25, -0.2) is 0 Å². The molecule has 2 aromatic carbocycles. The minimum Gasteiger partial charge on any atom is -0.494 e. The number of carbonyl (C=O) groups is 2. The largest absolute Gasteiger partial charge is 0.494 e. The summed E-state index contributed by atoms with van der Waals surface area (Å²) < 4.78 is 21.4. The lowest BCUT2D eigenvalue weighted by Gasteiger charge is -2.32. The average molecular weight is 443 g/mol. The highest BCUT2D eigenvalue weighted by atomic mass is 16.5. The normalized spacial score (nSPS) is 13.9. The molecule has 0 atom stereocenters. The first-order valence-corrected chi connectivity index (χ1v) is 10.6. The maximum Gasteiger partial charge on any atom is 0.254 e. The molecule has 8 nitrogen and oxygen atoms in total. The van der Waals surface area contributed by atoms with Crippen LogP contribution in [0.3, 0.4) is 0 Å². The molecule has 0 radical (unpaired) electrons. The minimum absolute atomic E-state index is 0.0121. The third kappa shape index (κ3) is 5.25. The fourth-order valence-electron chi connectivity index (χ4n) is 3.75. The Hall–Kier alpha value is -3.42. The van der Waals surface area contributed by atoms with Gasteiger partial charge in [0.05, 0.1) is 27.9 Å². The summed E-state index contributed by atoms with van der Waals surface area (Å²) in [6.45, 7) is 3.59. The predicted molar refractivity (Wildman–Crippen MR) is 120 cm³/mol. The highest BCUT2D eigenvalue weighted by molar-refractivity contribution is 5.96. The van der Waals surface area contributed by atoms with Crippen LogP contribution in [0.5, 0.6) is 23.0 Å². The van der Waals surface area contributed by atoms with E-state index in [1.165, 1.54) is 21.3 Å². The molecule has 0 bridgehead atoms. The van der Waals surface area contributed by atoms with Crippen LogP contribution >= 0.6 is 0 Å². The maximum atomic E-state index is 13.0. The first kappa shape index (κ1) is 23.2. The molecule has 1 N–H and O–H groups in total. The number of rotatable bonds is 8. The molecule has 0 spiro atoms. The topological polar surface area (TPSA) is 86.3 Å². The number of carbonyl (C=O) groups excluding carboxylic acids is 2. The molecule has 2 aromatic rings. The molecule has 0 saturated carbocycles. The molecular weight excluding hydrogens is 412 g/mol. The monoisotopic (exact) mass is 442 g/mol. The molecule has 1 saturated heterocycles. The Kier molecular flexibility index (Phi) is 7.81. The SMILES string of the molecule is CCOc1ccc(C(=O)NC2CCN(C(=O)c3cc(OC)c(OC)c(OC)c3)CC2)cc1. The van der Waals surface area contributed by atoms with Gasteiger partial charge in [0.2, 0.25) is 5.75 Å². The number of ether oxygens (including phenoxy) is 4. The Bertz CT molecular complexity index is 911. The lowest BCUT2D eigenvalue weighted by Crippen LogP contribution is -2.46. The lowest BCUT2D eigenvalue weighted by molar-refractivity contribution is 0.0697. The molecule has 172 valence electrons. The molecule has 8 heteroatoms. The van der Waals surface area contributed by atoms with Gasteiger partial charge in [-0.2, -0.15) is 0 Å². The number of amides is 2. The second-order valence-electron chi connectivity index (χ2n) is 7.41. The van der Waals surface area contributed by atoms with Gasteiger partial charge in [0.15, 0.2) is 11.5 Å². The van der Waals surface area contributed by atoms with Crippen molar-refractivity contribution in [3.8, 4) is 23.0 Å². The minimum atomic E-state index is -0.123. The molecule has 0 aromatic heterocycles. The van der Waals surface area contributed by atoms with E-state index in [9.17, 15) is 9.59 Å². The average Bonchev–Trinajstić information content (AvgIpc) is 2.83. The van der Waals surface area contributed by atoms with Crippen molar-refractivity contribution in [2.24, 2.45) is 0 Å². The van der Waals surface area contributed by atoms with Crippen LogP contribution in [0.4, 0.5) is 0 Å². The third-order valence-electron chi connectivity index (χ3n) is 5.46. The van der Waals surface area contributed by atoms with Crippen molar-refractivity contribution in [3.05, 3.63) is 47.5 Å². The van der Waals surface area contributed by atoms with Crippen LogP contribution in [0.1, 0.15) is 40.5 Å². The van der Waals surface area contributed by atoms with Gasteiger partial charge in [0, 0.05) is 30.3 Å². The molecule has 0 unspecified atom stereocenters. The second-order valence-corrected chi connectivity index (χ2v) is 7.41. The number of nitrogens with one attached hydrogen (secondary N) is 1. The molecule has 1 heterocycles. The van der Waals surface area contributed by atoms with Crippen molar-refractivity contribution in [3.63, 3.8) is 0 Å². The van der Waals surface area contributed by atoms with E-state index in [0.29, 0.717) is 60.9 Å². The van der Waals surface area contributed by atoms with E-state index in [-0.39, 0.29) is 17.9 Å². The van der Waals surface area contributed by atoms with Crippen LogP contribution in [0.25, 0.3) is 0 Å². The Morgan fingerprint density at radius 3 is 2.03 bits per heavy atom. The number of nitrogens with zero attached hydrogens (tertiary/aromatic N) is 1. The van der Waals surface area contributed by atoms with E-state index in [2.05, 4.69) is 5.32 Å². The molecule has 0 aliphatic carbocycles. The molecule has 1 aliphatic heterocycles. The molecule has 1 fully saturated rings. The van der Waals surface area contributed by atoms with E-state index in [0.717, 1.165) is 5.75 Å². The number of hydrogen-bond donors (Lipinski definition) is 1. The molecular formula is C24H30N2O6. The van der Waals surface area contributed by atoms with Crippen LogP contribution in [-0.4, -0.2) is 63.8 Å². The van der Waals surface area contributed by atoms with Crippen molar-refractivity contribution >= 4 is 11.8 Å². The number of likely N-dealkylation sites (tertiary alicyclic amines) is 1. The van der Waals surface area contributed by atoms with Gasteiger partial charge in [-0.05, 0) is 56.2 Å². The van der Waals surface area contributed by atoms with Crippen LogP contribution < -0.4 is 24.3 Å². The Morgan fingerprint density at radius 1 is 0.938 bits per heavy atom. The number of methoxy groups -OCH3 is 3. The smallest absolute Gasteiger partial charge is 0.254 e. The fraction of sp³-hybridized carbons (Fsp3) is 0.417. The number of piperidine rings is 1. The van der Waals surface area contributed by atoms with Crippen molar-refractivity contribution < 1.29 is 28.5 Å². The van der Waals surface area contributed by atoms with Crippen LogP contribution in [0.15, 0.2) is 36.4 Å². The van der Waals surface area contributed by atoms with Crippen molar-refractivity contribution in [2.45, 2.75) is 25.8 Å². The maximum absolute atomic E-state index is 13.0. The quantitative estimate of drug-likeness (QED) is 0.676. The highest BCUT2D eigenvalue weighted by Gasteiger charge is 2.26. The summed E-state index contributed by atoms with van der Waals surface area (Å²) >= 11 is 0. The molecule has 1 aliphatic rings. The molecule has 32 heavy (non-hydrogen) atoms. The Balaban J connectivity index is 1.59. The van der Waals surface area contributed by atoms with Crippen molar-refractivity contribution in [1.82, 2.24) is 10.2 Å². The zero-order chi connectivity index (χ0) is 23.1. The summed E-state index contributed by atoms with van der Waals surface area (Å²) in [5.41, 5.74) is 1.06. The Morgan fingerprint density at radius 2 is 1.53 bits per heavy atom. The zero-order valence-corrected chi connectivity index (χ0v) is 19.0. The van der Waals surface area contributed by atoms with Crippen LogP contribution in [0, 0.1) is 0 Å². The van der Waals surface area contributed by atoms with E-state index in [1.54, 1.807) is 41.3 Å². The van der Waals surface area contributed by atoms with Gasteiger partial charge >= 0.3 is 0 Å². The fourth-order valence-corrected chi connectivity index (χ4v) is 3.75. The van der Waals surface area contributed by atoms with Gasteiger partial charge in [-0.15, -0.1) is 0 Å². The summed E-state index contributed by atoms with van der Waals surface area (Å²) in [5.74, 6) is 1.83. The van der Waals surface area contributed by atoms with Gasteiger partial charge in [0.1, 0.15) is 5.75 Å². The lowest BCUT2D eigenvalue weighted by atomic mass is 10.0. The van der Waals surface area contributed by atoms with Crippen LogP contribution in [-0.2, 0) is 0 Å². The van der Waals surface area contributed by atoms with Gasteiger partial charge in [-0.1, -0.05) is 0 Å². The van der Waals surface area contributed by atoms with E-state index < -0.39 is 0 Å². The predicted octanol–water partition coefficient (Wildman–Crippen LogP) is 3.15.